The van der Waals surface area contributed by atoms with Gasteiger partial charge in [0.2, 0.25) is 5.91 Å². The van der Waals surface area contributed by atoms with Crippen LogP contribution < -0.4 is 19.7 Å². The molecule has 0 aliphatic heterocycles. The summed E-state index contributed by atoms with van der Waals surface area (Å²) in [6.45, 7) is 2.88. The maximum absolute atomic E-state index is 13.4. The van der Waals surface area contributed by atoms with E-state index >= 15 is 0 Å². The minimum absolute atomic E-state index is 0.0908. The van der Waals surface area contributed by atoms with Gasteiger partial charge in [-0.2, -0.15) is 0 Å². The number of fused-ring (bicyclic) bond motifs is 1. The van der Waals surface area contributed by atoms with Crippen molar-refractivity contribution in [2.75, 3.05) is 25.2 Å². The standard InChI is InChI=1S/C27H27N3O4S/c1-3-34-22-16-12-20(13-17-22)30(27-29-23-7-4-5-8-24(23)35-27)25(31)9-6-18-28-26(32)19-10-14-21(33-2)15-11-19/h4-5,7-8,10-17H,3,6,9,18H2,1-2H3,(H,28,32). The van der Waals surface area contributed by atoms with Crippen molar-refractivity contribution in [3.05, 3.63) is 78.4 Å². The molecule has 35 heavy (non-hydrogen) atoms. The van der Waals surface area contributed by atoms with E-state index in [1.807, 2.05) is 55.5 Å². The van der Waals surface area contributed by atoms with Gasteiger partial charge >= 0.3 is 0 Å². The van der Waals surface area contributed by atoms with E-state index in [-0.39, 0.29) is 18.2 Å². The van der Waals surface area contributed by atoms with E-state index in [0.717, 1.165) is 21.7 Å². The molecule has 4 rings (SSSR count). The van der Waals surface area contributed by atoms with Crippen molar-refractivity contribution in [1.29, 1.82) is 0 Å². The van der Waals surface area contributed by atoms with Crippen molar-refractivity contribution in [2.45, 2.75) is 19.8 Å². The number of carbonyl (C=O) groups excluding carboxylic acids is 2. The topological polar surface area (TPSA) is 80.8 Å². The Morgan fingerprint density at radius 2 is 1.69 bits per heavy atom. The van der Waals surface area contributed by atoms with Crippen LogP contribution in [0.2, 0.25) is 0 Å². The van der Waals surface area contributed by atoms with Crippen LogP contribution in [0.1, 0.15) is 30.1 Å². The Hall–Kier alpha value is -3.91. The molecule has 0 bridgehead atoms. The lowest BCUT2D eigenvalue weighted by atomic mass is 10.2. The molecule has 0 saturated heterocycles. The van der Waals surface area contributed by atoms with Crippen LogP contribution in [0, 0.1) is 0 Å². The van der Waals surface area contributed by atoms with Crippen molar-refractivity contribution in [2.24, 2.45) is 0 Å². The average Bonchev–Trinajstić information content (AvgIpc) is 3.31. The van der Waals surface area contributed by atoms with Crippen molar-refractivity contribution in [3.63, 3.8) is 0 Å². The Morgan fingerprint density at radius 1 is 0.971 bits per heavy atom. The number of anilines is 2. The van der Waals surface area contributed by atoms with Gasteiger partial charge in [0.05, 0.1) is 29.6 Å². The van der Waals surface area contributed by atoms with Gasteiger partial charge in [-0.05, 0) is 74.0 Å². The van der Waals surface area contributed by atoms with Gasteiger partial charge in [-0.3, -0.25) is 14.5 Å². The Morgan fingerprint density at radius 3 is 2.37 bits per heavy atom. The predicted octanol–water partition coefficient (Wildman–Crippen LogP) is 5.58. The number of aromatic nitrogens is 1. The molecule has 2 amide bonds. The van der Waals surface area contributed by atoms with Gasteiger partial charge in [0, 0.05) is 18.5 Å². The zero-order valence-electron chi connectivity index (χ0n) is 19.7. The molecule has 0 fully saturated rings. The van der Waals surface area contributed by atoms with E-state index in [1.54, 1.807) is 36.3 Å². The summed E-state index contributed by atoms with van der Waals surface area (Å²) in [5, 5.41) is 3.49. The van der Waals surface area contributed by atoms with E-state index < -0.39 is 0 Å². The second-order valence-electron chi connectivity index (χ2n) is 7.71. The minimum Gasteiger partial charge on any atom is -0.497 e. The van der Waals surface area contributed by atoms with Crippen molar-refractivity contribution in [3.8, 4) is 11.5 Å². The first-order valence-electron chi connectivity index (χ1n) is 11.4. The van der Waals surface area contributed by atoms with Gasteiger partial charge in [-0.25, -0.2) is 4.98 Å². The molecule has 3 aromatic carbocycles. The molecule has 0 radical (unpaired) electrons. The molecule has 8 heteroatoms. The normalized spacial score (nSPS) is 10.7. The van der Waals surface area contributed by atoms with Crippen molar-refractivity contribution < 1.29 is 19.1 Å². The third-order valence-corrected chi connectivity index (χ3v) is 6.36. The van der Waals surface area contributed by atoms with Crippen LogP contribution in [0.15, 0.2) is 72.8 Å². The summed E-state index contributed by atoms with van der Waals surface area (Å²) in [6.07, 6.45) is 0.755. The largest absolute Gasteiger partial charge is 0.497 e. The quantitative estimate of drug-likeness (QED) is 0.294. The van der Waals surface area contributed by atoms with Gasteiger partial charge < -0.3 is 14.8 Å². The number of benzene rings is 3. The lowest BCUT2D eigenvalue weighted by molar-refractivity contribution is -0.118. The van der Waals surface area contributed by atoms with Gasteiger partial charge in [-0.1, -0.05) is 23.5 Å². The first kappa shape index (κ1) is 24.2. The Balaban J connectivity index is 1.44. The van der Waals surface area contributed by atoms with E-state index in [2.05, 4.69) is 5.32 Å². The average molecular weight is 490 g/mol. The van der Waals surface area contributed by atoms with Gasteiger partial charge in [0.1, 0.15) is 11.5 Å². The van der Waals surface area contributed by atoms with E-state index in [1.165, 1.54) is 11.3 Å². The number of hydrogen-bond donors (Lipinski definition) is 1. The molecule has 0 saturated carbocycles. The van der Waals surface area contributed by atoms with Crippen LogP contribution in [0.4, 0.5) is 10.8 Å². The van der Waals surface area contributed by atoms with Gasteiger partial charge in [0.15, 0.2) is 5.13 Å². The van der Waals surface area contributed by atoms with E-state index in [0.29, 0.717) is 36.0 Å². The second-order valence-corrected chi connectivity index (χ2v) is 8.72. The maximum atomic E-state index is 13.4. The van der Waals surface area contributed by atoms with Crippen LogP contribution in [-0.2, 0) is 4.79 Å². The van der Waals surface area contributed by atoms with Crippen LogP contribution in [0.25, 0.3) is 10.2 Å². The molecule has 180 valence electrons. The molecule has 0 aliphatic rings. The fourth-order valence-corrected chi connectivity index (χ4v) is 4.58. The zero-order chi connectivity index (χ0) is 24.6. The first-order valence-corrected chi connectivity index (χ1v) is 12.2. The number of carbonyl (C=O) groups is 2. The highest BCUT2D eigenvalue weighted by Gasteiger charge is 2.21. The molecule has 0 aliphatic carbocycles. The van der Waals surface area contributed by atoms with Crippen LogP contribution in [0.5, 0.6) is 11.5 Å². The first-order chi connectivity index (χ1) is 17.1. The molecular weight excluding hydrogens is 462 g/mol. The summed E-state index contributed by atoms with van der Waals surface area (Å²) in [7, 11) is 1.58. The number of nitrogens with one attached hydrogen (secondary N) is 1. The molecular formula is C27H27N3O4S. The Bertz CT molecular complexity index is 1250. The van der Waals surface area contributed by atoms with Gasteiger partial charge in [-0.15, -0.1) is 0 Å². The number of methoxy groups -OCH3 is 1. The second kappa shape index (κ2) is 11.5. The Labute approximate surface area is 208 Å². The summed E-state index contributed by atoms with van der Waals surface area (Å²) in [5.41, 5.74) is 2.12. The predicted molar refractivity (Wildman–Crippen MR) is 139 cm³/mol. The summed E-state index contributed by atoms with van der Waals surface area (Å²) in [6, 6.07) is 22.1. The molecule has 1 N–H and O–H groups in total. The number of amides is 2. The number of rotatable bonds is 10. The van der Waals surface area contributed by atoms with Crippen molar-refractivity contribution >= 4 is 44.2 Å². The highest BCUT2D eigenvalue weighted by Crippen LogP contribution is 2.34. The molecule has 0 atom stereocenters. The van der Waals surface area contributed by atoms with Crippen LogP contribution in [0.3, 0.4) is 0 Å². The smallest absolute Gasteiger partial charge is 0.251 e. The highest BCUT2D eigenvalue weighted by atomic mass is 32.1. The maximum Gasteiger partial charge on any atom is 0.251 e. The molecule has 0 unspecified atom stereocenters. The third kappa shape index (κ3) is 5.96. The highest BCUT2D eigenvalue weighted by molar-refractivity contribution is 7.22. The van der Waals surface area contributed by atoms with E-state index in [4.69, 9.17) is 14.5 Å². The van der Waals surface area contributed by atoms with Crippen molar-refractivity contribution in [1.82, 2.24) is 10.3 Å². The molecule has 7 nitrogen and oxygen atoms in total. The summed E-state index contributed by atoms with van der Waals surface area (Å²) in [5.74, 6) is 1.16. The number of para-hydroxylation sites is 1. The number of ether oxygens (including phenoxy) is 2. The number of hydrogen-bond acceptors (Lipinski definition) is 6. The SMILES string of the molecule is CCOc1ccc(N(C(=O)CCCNC(=O)c2ccc(OC)cc2)c2nc3ccccc3s2)cc1. The molecule has 0 spiro atoms. The lowest BCUT2D eigenvalue weighted by Gasteiger charge is -2.20. The number of nitrogens with zero attached hydrogens (tertiary/aromatic N) is 2. The monoisotopic (exact) mass is 489 g/mol. The summed E-state index contributed by atoms with van der Waals surface area (Å²) >= 11 is 1.47. The fourth-order valence-electron chi connectivity index (χ4n) is 3.57. The fraction of sp³-hybridized carbons (Fsp3) is 0.222. The zero-order valence-corrected chi connectivity index (χ0v) is 20.5. The van der Waals surface area contributed by atoms with Crippen LogP contribution in [-0.4, -0.2) is 37.1 Å². The van der Waals surface area contributed by atoms with Gasteiger partial charge in [0.25, 0.3) is 5.91 Å². The summed E-state index contributed by atoms with van der Waals surface area (Å²) in [4.78, 5) is 32.1. The lowest BCUT2D eigenvalue weighted by Crippen LogP contribution is -2.28. The summed E-state index contributed by atoms with van der Waals surface area (Å²) < 4.78 is 11.7. The minimum atomic E-state index is -0.186. The third-order valence-electron chi connectivity index (χ3n) is 5.33. The molecule has 1 aromatic heterocycles. The molecule has 4 aromatic rings. The number of thiazole rings is 1. The van der Waals surface area contributed by atoms with E-state index in [9.17, 15) is 9.59 Å². The Kier molecular flexibility index (Phi) is 7.95. The van der Waals surface area contributed by atoms with Crippen LogP contribution >= 0.6 is 11.3 Å². The molecule has 1 heterocycles.